The van der Waals surface area contributed by atoms with Crippen LogP contribution in [0.4, 0.5) is 34.1 Å². The number of para-hydroxylation sites is 4. The highest BCUT2D eigenvalue weighted by molar-refractivity contribution is 6.32. The summed E-state index contributed by atoms with van der Waals surface area (Å²) < 4.78 is 5.27. The van der Waals surface area contributed by atoms with Crippen LogP contribution in [0.2, 0.25) is 0 Å². The molecule has 4 heteroatoms. The molecule has 0 bridgehead atoms. The zero-order chi connectivity index (χ0) is 47.7. The van der Waals surface area contributed by atoms with Gasteiger partial charge in [-0.3, -0.25) is 0 Å². The number of hydrogen-bond acceptors (Lipinski definition) is 2. The van der Waals surface area contributed by atoms with Crippen LogP contribution in [0.3, 0.4) is 0 Å². The summed E-state index contributed by atoms with van der Waals surface area (Å²) in [5.74, 6) is 1.56. The molecule has 13 aromatic rings. The van der Waals surface area contributed by atoms with Gasteiger partial charge in [-0.1, -0.05) is 165 Å². The topological polar surface area (TPSA) is 15.3 Å². The third-order valence-corrected chi connectivity index (χ3v) is 15.4. The first-order chi connectivity index (χ1) is 34.1. The lowest BCUT2D eigenvalue weighted by atomic mass is 9.97. The molecule has 0 saturated heterocycles. The van der Waals surface area contributed by atoms with E-state index in [1.807, 2.05) is 0 Å². The van der Waals surface area contributed by atoms with Gasteiger partial charge in [0.1, 0.15) is 0 Å². The van der Waals surface area contributed by atoms with E-state index in [9.17, 15) is 0 Å². The van der Waals surface area contributed by atoms with E-state index in [0.29, 0.717) is 23.7 Å². The normalized spacial score (nSPS) is 12.5. The van der Waals surface area contributed by atoms with Gasteiger partial charge in [-0.05, 0) is 119 Å². The highest BCUT2D eigenvalue weighted by atomic mass is 15.2. The summed E-state index contributed by atoms with van der Waals surface area (Å²) in [6.07, 6.45) is 0. The summed E-state index contributed by atoms with van der Waals surface area (Å²) in [5, 5.41) is 10.3. The van der Waals surface area contributed by atoms with Crippen LogP contribution in [-0.2, 0) is 0 Å². The Kier molecular flexibility index (Phi) is 9.59. The van der Waals surface area contributed by atoms with Crippen molar-refractivity contribution in [2.24, 2.45) is 0 Å². The van der Waals surface area contributed by atoms with Gasteiger partial charge >= 0.3 is 0 Å². The van der Waals surface area contributed by atoms with Gasteiger partial charge in [0.15, 0.2) is 0 Å². The molecule has 4 aromatic heterocycles. The summed E-state index contributed by atoms with van der Waals surface area (Å²) in [6.45, 7) is 18.4. The van der Waals surface area contributed by atoms with Crippen molar-refractivity contribution in [1.29, 1.82) is 0 Å². The third kappa shape index (κ3) is 6.08. The first-order valence-corrected chi connectivity index (χ1v) is 25.4. The van der Waals surface area contributed by atoms with Crippen LogP contribution >= 0.6 is 0 Å². The fourth-order valence-corrected chi connectivity index (χ4v) is 12.0. The smallest absolute Gasteiger partial charge is 0.0641 e. The van der Waals surface area contributed by atoms with E-state index in [0.717, 1.165) is 22.7 Å². The van der Waals surface area contributed by atoms with Crippen LogP contribution < -0.4 is 9.80 Å². The van der Waals surface area contributed by atoms with Gasteiger partial charge in [-0.25, -0.2) is 0 Å². The first-order valence-electron chi connectivity index (χ1n) is 25.4. The average Bonchev–Trinajstić information content (AvgIpc) is 4.11. The first kappa shape index (κ1) is 42.3. The largest absolute Gasteiger partial charge is 0.310 e. The van der Waals surface area contributed by atoms with E-state index in [1.54, 1.807) is 0 Å². The minimum absolute atomic E-state index is 0.325. The number of anilines is 6. The molecule has 342 valence electrons. The van der Waals surface area contributed by atoms with Crippen molar-refractivity contribution >= 4 is 110 Å². The minimum atomic E-state index is 0.325. The Balaban J connectivity index is 1.15. The molecule has 0 radical (unpaired) electrons. The number of hydrogen-bond donors (Lipinski definition) is 0. The molecule has 13 rings (SSSR count). The van der Waals surface area contributed by atoms with E-state index in [-0.39, 0.29) is 0 Å². The molecular weight excluding hydrogens is 849 g/mol. The molecule has 9 aromatic carbocycles. The van der Waals surface area contributed by atoms with E-state index < -0.39 is 0 Å². The number of benzene rings is 9. The second kappa shape index (κ2) is 15.9. The predicted molar refractivity (Wildman–Crippen MR) is 301 cm³/mol. The van der Waals surface area contributed by atoms with Crippen LogP contribution in [0, 0.1) is 0 Å². The predicted octanol–water partition coefficient (Wildman–Crippen LogP) is 19.4. The Morgan fingerprint density at radius 2 is 0.671 bits per heavy atom. The molecule has 0 unspecified atom stereocenters. The number of aromatic nitrogens is 2. The lowest BCUT2D eigenvalue weighted by molar-refractivity contribution is 0.866. The van der Waals surface area contributed by atoms with Crippen molar-refractivity contribution in [1.82, 2.24) is 8.80 Å². The maximum absolute atomic E-state index is 2.63. The number of fused-ring (bicyclic) bond motifs is 12. The molecule has 0 saturated carbocycles. The third-order valence-electron chi connectivity index (χ3n) is 15.4. The molecule has 4 nitrogen and oxygen atoms in total. The molecule has 0 aliphatic carbocycles. The lowest BCUT2D eigenvalue weighted by Crippen LogP contribution is -2.10. The molecule has 0 aliphatic heterocycles. The second-order valence-corrected chi connectivity index (χ2v) is 20.9. The Bertz CT molecular complexity index is 3830. The average molecular weight is 907 g/mol. The molecule has 0 fully saturated rings. The van der Waals surface area contributed by atoms with E-state index in [4.69, 9.17) is 0 Å². The van der Waals surface area contributed by atoms with Gasteiger partial charge in [-0.15, -0.1) is 0 Å². The summed E-state index contributed by atoms with van der Waals surface area (Å²) in [5.41, 5.74) is 20.0. The fourth-order valence-electron chi connectivity index (χ4n) is 12.0. The van der Waals surface area contributed by atoms with E-state index in [1.165, 1.54) is 110 Å². The SMILES string of the molecule is CC(C)c1ccc(N(c2ccccc2)c2ccc3c4cc5c(cc4n4c6c(C(C)C)cccc6c2c34)c2ccc(N(c3ccccc3)c3ccc(C(C)C)cc3)c3c4cccc(C(C)C)c4n5c23)cc1. The molecular formula is C66H58N4. The van der Waals surface area contributed by atoms with Crippen molar-refractivity contribution in [3.05, 3.63) is 204 Å². The van der Waals surface area contributed by atoms with Gasteiger partial charge in [0.25, 0.3) is 0 Å². The van der Waals surface area contributed by atoms with Crippen molar-refractivity contribution in [2.75, 3.05) is 9.80 Å². The molecule has 0 spiro atoms. The summed E-state index contributed by atoms with van der Waals surface area (Å²) >= 11 is 0. The van der Waals surface area contributed by atoms with Crippen molar-refractivity contribution in [2.45, 2.75) is 79.1 Å². The van der Waals surface area contributed by atoms with Crippen molar-refractivity contribution < 1.29 is 0 Å². The Morgan fingerprint density at radius 3 is 1.03 bits per heavy atom. The van der Waals surface area contributed by atoms with E-state index >= 15 is 0 Å². The Labute approximate surface area is 410 Å². The fraction of sp³-hybridized carbons (Fsp3) is 0.182. The van der Waals surface area contributed by atoms with Gasteiger partial charge in [-0.2, -0.15) is 0 Å². The highest BCUT2D eigenvalue weighted by Gasteiger charge is 2.30. The van der Waals surface area contributed by atoms with Crippen LogP contribution in [0.5, 0.6) is 0 Å². The van der Waals surface area contributed by atoms with Gasteiger partial charge in [0.05, 0.1) is 44.5 Å². The molecule has 0 atom stereocenters. The summed E-state index contributed by atoms with van der Waals surface area (Å²) in [6, 6.07) is 68.9. The van der Waals surface area contributed by atoms with Crippen LogP contribution in [0.25, 0.3) is 76.2 Å². The maximum Gasteiger partial charge on any atom is 0.0641 e. The lowest BCUT2D eigenvalue weighted by Gasteiger charge is -2.27. The van der Waals surface area contributed by atoms with Gasteiger partial charge in [0.2, 0.25) is 0 Å². The summed E-state index contributed by atoms with van der Waals surface area (Å²) in [7, 11) is 0. The molecule has 4 heterocycles. The standard InChI is InChI=1S/C66H58N4/c1-39(2)43-25-29-47(30-26-43)67(45-17-11-9-12-18-45)57-35-33-51-55-37-60-56(38-59(55)69-63-49(41(5)6)21-15-23-53(63)61(57)65(51)69)52-34-36-58(62-54-24-16-22-50(42(7)8)64(54)70(60)66(52)62)68(46-19-13-10-14-20-46)48-31-27-44(28-32-48)40(3)4/h9-42H,1-8H3. The quantitative estimate of drug-likeness (QED) is 0.136. The zero-order valence-electron chi connectivity index (χ0n) is 41.4. The highest BCUT2D eigenvalue weighted by Crippen LogP contribution is 2.52. The molecule has 0 aliphatic rings. The van der Waals surface area contributed by atoms with Crippen molar-refractivity contribution in [3.63, 3.8) is 0 Å². The molecule has 0 amide bonds. The van der Waals surface area contributed by atoms with Gasteiger partial charge in [0, 0.05) is 65.8 Å². The monoisotopic (exact) mass is 906 g/mol. The molecule has 0 N–H and O–H groups in total. The van der Waals surface area contributed by atoms with Crippen LogP contribution in [0.1, 0.15) is 101 Å². The van der Waals surface area contributed by atoms with Gasteiger partial charge < -0.3 is 18.6 Å². The summed E-state index contributed by atoms with van der Waals surface area (Å²) in [4.78, 5) is 4.94. The zero-order valence-corrected chi connectivity index (χ0v) is 41.4. The van der Waals surface area contributed by atoms with Crippen LogP contribution in [0.15, 0.2) is 182 Å². The number of rotatable bonds is 10. The second-order valence-electron chi connectivity index (χ2n) is 20.9. The Morgan fingerprint density at radius 1 is 0.300 bits per heavy atom. The number of nitrogens with zero attached hydrogens (tertiary/aromatic N) is 4. The van der Waals surface area contributed by atoms with E-state index in [2.05, 4.69) is 256 Å². The molecule has 70 heavy (non-hydrogen) atoms. The Hall–Kier alpha value is -7.82. The van der Waals surface area contributed by atoms with Crippen molar-refractivity contribution in [3.8, 4) is 0 Å². The minimum Gasteiger partial charge on any atom is -0.310 e. The maximum atomic E-state index is 2.63. The van der Waals surface area contributed by atoms with Crippen LogP contribution in [-0.4, -0.2) is 8.80 Å².